The highest BCUT2D eigenvalue weighted by Gasteiger charge is 2.32. The van der Waals surface area contributed by atoms with Gasteiger partial charge in [-0.1, -0.05) is 0 Å². The first kappa shape index (κ1) is 24.1. The highest BCUT2D eigenvalue weighted by molar-refractivity contribution is 5.92. The van der Waals surface area contributed by atoms with Crippen LogP contribution in [-0.4, -0.2) is 43.0 Å². The molecule has 1 aliphatic rings. The summed E-state index contributed by atoms with van der Waals surface area (Å²) in [5.41, 5.74) is 8.40. The maximum absolute atomic E-state index is 14.5. The number of fused-ring (bicyclic) bond motifs is 1. The van der Waals surface area contributed by atoms with Crippen molar-refractivity contribution in [2.24, 2.45) is 0 Å². The number of rotatable bonds is 8. The Balaban J connectivity index is 1.68. The monoisotopic (exact) mass is 472 g/mol. The summed E-state index contributed by atoms with van der Waals surface area (Å²) in [6, 6.07) is 7.92. The number of nitrogens with zero attached hydrogens (tertiary/aromatic N) is 2. The van der Waals surface area contributed by atoms with Gasteiger partial charge in [0.2, 0.25) is 0 Å². The van der Waals surface area contributed by atoms with E-state index in [0.29, 0.717) is 36.2 Å². The number of alkyl halides is 2. The van der Waals surface area contributed by atoms with Gasteiger partial charge < -0.3 is 25.3 Å². The van der Waals surface area contributed by atoms with E-state index in [0.717, 1.165) is 22.9 Å². The maximum Gasteiger partial charge on any atom is 0.296 e. The number of halogens is 2. The third-order valence-corrected chi connectivity index (χ3v) is 5.85. The molecular formula is C25H30F2N4O3. The fraction of sp³-hybridized carbons (Fsp3) is 0.440. The molecule has 34 heavy (non-hydrogen) atoms. The summed E-state index contributed by atoms with van der Waals surface area (Å²) in [4.78, 5) is 9.21. The fourth-order valence-corrected chi connectivity index (χ4v) is 4.15. The van der Waals surface area contributed by atoms with Gasteiger partial charge in [0.05, 0.1) is 24.8 Å². The number of nitrogen functional groups attached to an aromatic ring is 1. The zero-order valence-corrected chi connectivity index (χ0v) is 19.8. The van der Waals surface area contributed by atoms with Gasteiger partial charge in [-0.3, -0.25) is 0 Å². The molecule has 0 amide bonds. The predicted octanol–water partition coefficient (Wildman–Crippen LogP) is 4.91. The number of aromatic nitrogens is 2. The van der Waals surface area contributed by atoms with Gasteiger partial charge in [0, 0.05) is 30.2 Å². The Morgan fingerprint density at radius 1 is 1.21 bits per heavy atom. The number of nitrogens with one attached hydrogen (secondary N) is 1. The molecule has 3 N–H and O–H groups in total. The minimum atomic E-state index is -3.15. The van der Waals surface area contributed by atoms with Gasteiger partial charge in [0.25, 0.3) is 5.92 Å². The molecule has 1 fully saturated rings. The van der Waals surface area contributed by atoms with E-state index in [2.05, 4.69) is 20.0 Å². The van der Waals surface area contributed by atoms with Gasteiger partial charge in [-0.15, -0.1) is 0 Å². The Morgan fingerprint density at radius 2 is 2.00 bits per heavy atom. The summed E-state index contributed by atoms with van der Waals surface area (Å²) < 4.78 is 45.2. The van der Waals surface area contributed by atoms with E-state index >= 15 is 0 Å². The SMILES string of the molecule is COCC(F)(F)c1cc(N)cc([C@@H](C)Nc2nc(C)nc3c(C)cc(O[C@H]4CCOC4)cc23)c1. The Hall–Kier alpha value is -3.04. The number of hydrogen-bond acceptors (Lipinski definition) is 7. The third-order valence-electron chi connectivity index (χ3n) is 5.85. The smallest absolute Gasteiger partial charge is 0.296 e. The minimum Gasteiger partial charge on any atom is -0.488 e. The standard InChI is InChI=1S/C25H30F2N4O3/c1-14-7-21(34-20-5-6-33-12-20)11-22-23(14)30-16(3)31-24(22)29-15(2)17-8-18(10-19(28)9-17)25(26,27)13-32-4/h7-11,15,20H,5-6,12-13,28H2,1-4H3,(H,29,30,31)/t15-,20+/m1/s1. The van der Waals surface area contributed by atoms with Crippen molar-refractivity contribution in [2.75, 3.05) is 38.0 Å². The summed E-state index contributed by atoms with van der Waals surface area (Å²) in [7, 11) is 1.24. The molecule has 4 rings (SSSR count). The molecule has 182 valence electrons. The molecule has 0 spiro atoms. The molecule has 2 aromatic carbocycles. The predicted molar refractivity (Wildman–Crippen MR) is 128 cm³/mol. The summed E-state index contributed by atoms with van der Waals surface area (Å²) in [5.74, 6) is -1.24. The lowest BCUT2D eigenvalue weighted by atomic mass is 10.00. The van der Waals surface area contributed by atoms with Crippen molar-refractivity contribution in [3.05, 3.63) is 52.8 Å². The Kier molecular flexibility index (Phi) is 6.86. The van der Waals surface area contributed by atoms with Gasteiger partial charge in [0.1, 0.15) is 30.1 Å². The molecule has 0 saturated carbocycles. The van der Waals surface area contributed by atoms with Crippen molar-refractivity contribution in [1.82, 2.24) is 9.97 Å². The zero-order valence-electron chi connectivity index (χ0n) is 19.8. The van der Waals surface area contributed by atoms with Gasteiger partial charge in [-0.25, -0.2) is 9.97 Å². The topological polar surface area (TPSA) is 91.5 Å². The van der Waals surface area contributed by atoms with Gasteiger partial charge in [0.15, 0.2) is 0 Å². The molecule has 9 heteroatoms. The van der Waals surface area contributed by atoms with Crippen LogP contribution in [0.4, 0.5) is 20.3 Å². The third kappa shape index (κ3) is 5.20. The second-order valence-electron chi connectivity index (χ2n) is 8.75. The van der Waals surface area contributed by atoms with Crippen molar-refractivity contribution in [3.63, 3.8) is 0 Å². The van der Waals surface area contributed by atoms with Gasteiger partial charge >= 0.3 is 0 Å². The fourth-order valence-electron chi connectivity index (χ4n) is 4.15. The molecule has 0 radical (unpaired) electrons. The molecule has 0 unspecified atom stereocenters. The number of nitrogens with two attached hydrogens (primary N) is 1. The van der Waals surface area contributed by atoms with Crippen molar-refractivity contribution < 1.29 is 23.0 Å². The van der Waals surface area contributed by atoms with E-state index in [1.54, 1.807) is 6.07 Å². The normalized spacial score (nSPS) is 17.2. The maximum atomic E-state index is 14.5. The van der Waals surface area contributed by atoms with E-state index in [1.165, 1.54) is 19.2 Å². The van der Waals surface area contributed by atoms with Crippen LogP contribution < -0.4 is 15.8 Å². The minimum absolute atomic E-state index is 0.0121. The van der Waals surface area contributed by atoms with Crippen LogP contribution in [0.3, 0.4) is 0 Å². The van der Waals surface area contributed by atoms with Crippen molar-refractivity contribution in [3.8, 4) is 5.75 Å². The highest BCUT2D eigenvalue weighted by Crippen LogP contribution is 2.34. The van der Waals surface area contributed by atoms with Crippen LogP contribution in [-0.2, 0) is 15.4 Å². The van der Waals surface area contributed by atoms with Crippen LogP contribution in [0, 0.1) is 13.8 Å². The van der Waals surface area contributed by atoms with Crippen molar-refractivity contribution >= 4 is 22.4 Å². The van der Waals surface area contributed by atoms with Gasteiger partial charge in [-0.2, -0.15) is 8.78 Å². The van der Waals surface area contributed by atoms with Crippen LogP contribution in [0.15, 0.2) is 30.3 Å². The Morgan fingerprint density at radius 3 is 2.71 bits per heavy atom. The molecule has 1 saturated heterocycles. The van der Waals surface area contributed by atoms with Crippen LogP contribution >= 0.6 is 0 Å². The average molecular weight is 473 g/mol. The number of methoxy groups -OCH3 is 1. The van der Waals surface area contributed by atoms with Crippen molar-refractivity contribution in [1.29, 1.82) is 0 Å². The number of aryl methyl sites for hydroxylation is 2. The molecule has 1 aliphatic heterocycles. The lowest BCUT2D eigenvalue weighted by molar-refractivity contribution is -0.0698. The molecule has 7 nitrogen and oxygen atoms in total. The molecule has 3 aromatic rings. The molecule has 0 aliphatic carbocycles. The first-order valence-electron chi connectivity index (χ1n) is 11.2. The molecule has 1 aromatic heterocycles. The van der Waals surface area contributed by atoms with E-state index in [4.69, 9.17) is 15.2 Å². The molecule has 2 atom stereocenters. The van der Waals surface area contributed by atoms with E-state index in [1.807, 2.05) is 32.9 Å². The zero-order chi connectivity index (χ0) is 24.5. The number of hydrogen-bond donors (Lipinski definition) is 2. The lowest BCUT2D eigenvalue weighted by Gasteiger charge is -2.21. The number of ether oxygens (including phenoxy) is 3. The highest BCUT2D eigenvalue weighted by atomic mass is 19.3. The van der Waals surface area contributed by atoms with Gasteiger partial charge in [-0.05, 0) is 62.2 Å². The summed E-state index contributed by atoms with van der Waals surface area (Å²) in [5, 5.41) is 4.16. The van der Waals surface area contributed by atoms with Crippen LogP contribution in [0.25, 0.3) is 10.9 Å². The first-order valence-corrected chi connectivity index (χ1v) is 11.2. The van der Waals surface area contributed by atoms with Crippen molar-refractivity contribution in [2.45, 2.75) is 45.3 Å². The molecule has 2 heterocycles. The van der Waals surface area contributed by atoms with Crippen LogP contribution in [0.1, 0.15) is 41.9 Å². The van der Waals surface area contributed by atoms with E-state index in [-0.39, 0.29) is 23.4 Å². The second kappa shape index (κ2) is 9.68. The first-order chi connectivity index (χ1) is 16.2. The van der Waals surface area contributed by atoms with Crippen LogP contribution in [0.2, 0.25) is 0 Å². The number of anilines is 2. The average Bonchev–Trinajstić information content (AvgIpc) is 3.27. The Labute approximate surface area is 197 Å². The summed E-state index contributed by atoms with van der Waals surface area (Å²) in [6.07, 6.45) is 0.854. The Bertz CT molecular complexity index is 1180. The largest absolute Gasteiger partial charge is 0.488 e. The summed E-state index contributed by atoms with van der Waals surface area (Å²) >= 11 is 0. The molecular weight excluding hydrogens is 442 g/mol. The summed E-state index contributed by atoms with van der Waals surface area (Å²) in [6.45, 7) is 6.20. The van der Waals surface area contributed by atoms with E-state index < -0.39 is 12.5 Å². The quantitative estimate of drug-likeness (QED) is 0.450. The second-order valence-corrected chi connectivity index (χ2v) is 8.75. The van der Waals surface area contributed by atoms with E-state index in [9.17, 15) is 8.78 Å². The van der Waals surface area contributed by atoms with Crippen LogP contribution in [0.5, 0.6) is 5.75 Å². The number of benzene rings is 2. The molecule has 0 bridgehead atoms. The lowest BCUT2D eigenvalue weighted by Crippen LogP contribution is -2.21.